The Morgan fingerprint density at radius 1 is 0.933 bits per heavy atom. The first-order valence-corrected chi connectivity index (χ1v) is 4.31. The van der Waals surface area contributed by atoms with Crippen molar-refractivity contribution < 1.29 is 28.7 Å². The molecule has 0 aliphatic heterocycles. The Hall–Kier alpha value is -1.72. The maximum Gasteiger partial charge on any atom is 0.377 e. The van der Waals surface area contributed by atoms with Gasteiger partial charge in [-0.3, -0.25) is 9.59 Å². The molecule has 0 heterocycles. The molecule has 0 N–H and O–H groups in total. The van der Waals surface area contributed by atoms with Gasteiger partial charge in [0, 0.05) is 20.3 Å². The van der Waals surface area contributed by atoms with E-state index in [1.807, 2.05) is 0 Å². The minimum absolute atomic E-state index is 0.165. The van der Waals surface area contributed by atoms with Crippen LogP contribution in [0.25, 0.3) is 0 Å². The maximum atomic E-state index is 10.8. The van der Waals surface area contributed by atoms with E-state index in [2.05, 4.69) is 9.47 Å². The molecule has 0 aromatic heterocycles. The molecule has 0 spiro atoms. The van der Waals surface area contributed by atoms with Gasteiger partial charge in [-0.2, -0.15) is 0 Å². The summed E-state index contributed by atoms with van der Waals surface area (Å²) >= 11 is 0. The summed E-state index contributed by atoms with van der Waals surface area (Å²) in [5.41, 5.74) is 0. The molecule has 0 aliphatic rings. The van der Waals surface area contributed by atoms with Gasteiger partial charge in [0.15, 0.2) is 0 Å². The van der Waals surface area contributed by atoms with Crippen molar-refractivity contribution in [1.29, 1.82) is 0 Å². The lowest BCUT2D eigenvalue weighted by molar-refractivity contribution is -0.190. The molecule has 6 nitrogen and oxygen atoms in total. The quantitative estimate of drug-likeness (QED) is 0.365. The average Bonchev–Trinajstić information content (AvgIpc) is 2.15. The van der Waals surface area contributed by atoms with Gasteiger partial charge >= 0.3 is 11.9 Å². The van der Waals surface area contributed by atoms with E-state index >= 15 is 0 Å². The molecule has 6 heteroatoms. The van der Waals surface area contributed by atoms with Crippen LogP contribution >= 0.6 is 0 Å². The van der Waals surface area contributed by atoms with Gasteiger partial charge in [0.05, 0.1) is 0 Å². The molecular weight excluding hydrogens is 204 g/mol. The van der Waals surface area contributed by atoms with E-state index < -0.39 is 29.8 Å². The molecule has 0 saturated carbocycles. The summed E-state index contributed by atoms with van der Waals surface area (Å²) in [6, 6.07) is 0. The Balaban J connectivity index is 4.27. The first-order chi connectivity index (χ1) is 6.88. The van der Waals surface area contributed by atoms with Crippen LogP contribution in [0.5, 0.6) is 0 Å². The molecule has 0 bridgehead atoms. The zero-order chi connectivity index (χ0) is 12.0. The Morgan fingerprint density at radius 2 is 1.27 bits per heavy atom. The minimum Gasteiger partial charge on any atom is -0.419 e. The van der Waals surface area contributed by atoms with Gasteiger partial charge in [0.25, 0.3) is 0 Å². The number of ketones is 2. The van der Waals surface area contributed by atoms with Gasteiger partial charge in [-0.05, 0) is 0 Å². The Morgan fingerprint density at radius 3 is 1.47 bits per heavy atom. The third-order valence-corrected chi connectivity index (χ3v) is 1.39. The van der Waals surface area contributed by atoms with E-state index in [1.165, 1.54) is 0 Å². The van der Waals surface area contributed by atoms with Crippen LogP contribution in [0, 0.1) is 0 Å². The fourth-order valence-corrected chi connectivity index (χ4v) is 0.595. The second-order valence-electron chi connectivity index (χ2n) is 2.76. The fourth-order valence-electron chi connectivity index (χ4n) is 0.595. The SMILES string of the molecule is CCC(OC(=O)C(C)=O)OC(=O)C(C)=O. The number of ether oxygens (including phenoxy) is 2. The lowest BCUT2D eigenvalue weighted by Gasteiger charge is -2.14. The summed E-state index contributed by atoms with van der Waals surface area (Å²) in [4.78, 5) is 42.7. The normalized spacial score (nSPS) is 9.60. The zero-order valence-corrected chi connectivity index (χ0v) is 8.73. The second-order valence-corrected chi connectivity index (χ2v) is 2.76. The Bertz CT molecular complexity index is 265. The predicted molar refractivity (Wildman–Crippen MR) is 47.6 cm³/mol. The zero-order valence-electron chi connectivity index (χ0n) is 8.73. The fraction of sp³-hybridized carbons (Fsp3) is 0.556. The van der Waals surface area contributed by atoms with Crippen molar-refractivity contribution in [3.05, 3.63) is 0 Å². The van der Waals surface area contributed by atoms with Crippen molar-refractivity contribution >= 4 is 23.5 Å². The third-order valence-electron chi connectivity index (χ3n) is 1.39. The molecule has 0 rings (SSSR count). The van der Waals surface area contributed by atoms with E-state index in [-0.39, 0.29) is 6.42 Å². The molecule has 0 fully saturated rings. The van der Waals surface area contributed by atoms with E-state index in [9.17, 15) is 19.2 Å². The highest BCUT2D eigenvalue weighted by Gasteiger charge is 2.21. The van der Waals surface area contributed by atoms with Crippen LogP contribution in [0.2, 0.25) is 0 Å². The van der Waals surface area contributed by atoms with E-state index in [0.29, 0.717) is 0 Å². The maximum absolute atomic E-state index is 10.8. The van der Waals surface area contributed by atoms with Crippen molar-refractivity contribution in [1.82, 2.24) is 0 Å². The van der Waals surface area contributed by atoms with E-state index in [0.717, 1.165) is 13.8 Å². The van der Waals surface area contributed by atoms with Gasteiger partial charge in [-0.1, -0.05) is 6.92 Å². The van der Waals surface area contributed by atoms with Crippen molar-refractivity contribution in [3.8, 4) is 0 Å². The minimum atomic E-state index is -1.20. The van der Waals surface area contributed by atoms with Gasteiger partial charge in [0.1, 0.15) is 0 Å². The number of rotatable bonds is 5. The van der Waals surface area contributed by atoms with Gasteiger partial charge in [-0.25, -0.2) is 9.59 Å². The van der Waals surface area contributed by atoms with Gasteiger partial charge in [0.2, 0.25) is 17.9 Å². The first kappa shape index (κ1) is 13.3. The number of esters is 2. The number of hydrogen-bond acceptors (Lipinski definition) is 6. The van der Waals surface area contributed by atoms with Crippen LogP contribution in [-0.4, -0.2) is 29.8 Å². The average molecular weight is 216 g/mol. The largest absolute Gasteiger partial charge is 0.419 e. The molecule has 0 saturated heterocycles. The Labute approximate surface area is 86.5 Å². The van der Waals surface area contributed by atoms with Crippen LogP contribution in [-0.2, 0) is 28.7 Å². The number of hydrogen-bond donors (Lipinski definition) is 0. The summed E-state index contributed by atoms with van der Waals surface area (Å²) < 4.78 is 9.00. The van der Waals surface area contributed by atoms with Crippen molar-refractivity contribution in [2.45, 2.75) is 33.5 Å². The summed E-state index contributed by atoms with van der Waals surface area (Å²) in [5, 5.41) is 0. The molecule has 0 unspecified atom stereocenters. The molecule has 0 aromatic carbocycles. The molecule has 0 aliphatic carbocycles. The monoisotopic (exact) mass is 216 g/mol. The smallest absolute Gasteiger partial charge is 0.377 e. The first-order valence-electron chi connectivity index (χ1n) is 4.31. The van der Waals surface area contributed by atoms with Crippen LogP contribution < -0.4 is 0 Å². The number of carbonyl (C=O) groups is 4. The number of Topliss-reactive ketones (excluding diaryl/α,β-unsaturated/α-hetero) is 2. The predicted octanol–water partition coefficient (Wildman–Crippen LogP) is -0.0131. The van der Waals surface area contributed by atoms with Crippen LogP contribution in [0.3, 0.4) is 0 Å². The number of carbonyl (C=O) groups excluding carboxylic acids is 4. The molecule has 15 heavy (non-hydrogen) atoms. The highest BCUT2D eigenvalue weighted by molar-refractivity contribution is 6.33. The van der Waals surface area contributed by atoms with Crippen molar-refractivity contribution in [2.75, 3.05) is 0 Å². The van der Waals surface area contributed by atoms with Crippen molar-refractivity contribution in [2.24, 2.45) is 0 Å². The van der Waals surface area contributed by atoms with E-state index in [1.54, 1.807) is 6.92 Å². The summed E-state index contributed by atoms with van der Waals surface area (Å²) in [7, 11) is 0. The molecule has 0 aromatic rings. The van der Waals surface area contributed by atoms with Crippen LogP contribution in [0.1, 0.15) is 27.2 Å². The highest BCUT2D eigenvalue weighted by atomic mass is 16.7. The standard InChI is InChI=1S/C9H12O6/c1-4-7(14-8(12)5(2)10)15-9(13)6(3)11/h7H,4H2,1-3H3. The van der Waals surface area contributed by atoms with Crippen LogP contribution in [0.15, 0.2) is 0 Å². The summed E-state index contributed by atoms with van der Waals surface area (Å²) in [6.07, 6.45) is -1.03. The highest BCUT2D eigenvalue weighted by Crippen LogP contribution is 2.02. The topological polar surface area (TPSA) is 86.7 Å². The molecule has 84 valence electrons. The molecule has 0 amide bonds. The third kappa shape index (κ3) is 4.90. The van der Waals surface area contributed by atoms with Gasteiger partial charge in [-0.15, -0.1) is 0 Å². The van der Waals surface area contributed by atoms with Gasteiger partial charge < -0.3 is 9.47 Å². The van der Waals surface area contributed by atoms with E-state index in [4.69, 9.17) is 0 Å². The summed E-state index contributed by atoms with van der Waals surface area (Å²) in [5.74, 6) is -3.80. The van der Waals surface area contributed by atoms with Crippen LogP contribution in [0.4, 0.5) is 0 Å². The lowest BCUT2D eigenvalue weighted by atomic mass is 10.4. The molecule has 0 atom stereocenters. The summed E-state index contributed by atoms with van der Waals surface area (Å²) in [6.45, 7) is 3.63. The molecular formula is C9H12O6. The lowest BCUT2D eigenvalue weighted by Crippen LogP contribution is -2.29. The molecule has 0 radical (unpaired) electrons. The Kier molecular flexibility index (Phi) is 5.22. The van der Waals surface area contributed by atoms with Crippen molar-refractivity contribution in [3.63, 3.8) is 0 Å². The second kappa shape index (κ2) is 5.90.